The highest BCUT2D eigenvalue weighted by Gasteiger charge is 2.65. The third-order valence-electron chi connectivity index (χ3n) is 7.99. The zero-order valence-electron chi connectivity index (χ0n) is 15.7. The highest BCUT2D eigenvalue weighted by Crippen LogP contribution is 2.63. The molecule has 1 aromatic carbocycles. The van der Waals surface area contributed by atoms with E-state index in [1.165, 1.54) is 83.1 Å². The maximum Gasteiger partial charge on any atom is 0.0233 e. The minimum absolute atomic E-state index is 0.686. The standard InChI is InChI=1S/C23H34N2/c1-4-10-19(11-5-1)16-24-17-20-21(18-24)23(12-6-2-7-13-23)22(20)25-14-8-3-9-15-25/h1,4-5,10-11,20-22H,2-3,6-9,12-18H2. The van der Waals surface area contributed by atoms with Gasteiger partial charge in [0.2, 0.25) is 0 Å². The van der Waals surface area contributed by atoms with E-state index in [-0.39, 0.29) is 0 Å². The average molecular weight is 339 g/mol. The van der Waals surface area contributed by atoms with Crippen LogP contribution in [0.15, 0.2) is 30.3 Å². The van der Waals surface area contributed by atoms with Gasteiger partial charge in [-0.05, 0) is 61.6 Å². The number of piperidine rings is 1. The molecule has 0 bridgehead atoms. The van der Waals surface area contributed by atoms with Gasteiger partial charge in [0, 0.05) is 25.7 Å². The van der Waals surface area contributed by atoms with Crippen LogP contribution >= 0.6 is 0 Å². The van der Waals surface area contributed by atoms with Gasteiger partial charge in [-0.2, -0.15) is 0 Å². The van der Waals surface area contributed by atoms with Crippen LogP contribution in [-0.2, 0) is 6.54 Å². The molecule has 0 amide bonds. The number of hydrogen-bond donors (Lipinski definition) is 0. The van der Waals surface area contributed by atoms with Crippen molar-refractivity contribution in [2.75, 3.05) is 26.2 Å². The largest absolute Gasteiger partial charge is 0.299 e. The molecule has 4 fully saturated rings. The highest BCUT2D eigenvalue weighted by atomic mass is 15.3. The Balaban J connectivity index is 1.34. The Bertz CT molecular complexity index is 571. The van der Waals surface area contributed by atoms with E-state index in [2.05, 4.69) is 40.1 Å². The summed E-state index contributed by atoms with van der Waals surface area (Å²) in [6, 6.07) is 12.1. The molecule has 0 aromatic heterocycles. The van der Waals surface area contributed by atoms with Crippen molar-refractivity contribution in [3.05, 3.63) is 35.9 Å². The van der Waals surface area contributed by atoms with Gasteiger partial charge in [-0.3, -0.25) is 9.80 Å². The molecular weight excluding hydrogens is 304 g/mol. The van der Waals surface area contributed by atoms with Crippen molar-refractivity contribution in [1.29, 1.82) is 0 Å². The lowest BCUT2D eigenvalue weighted by Crippen LogP contribution is -2.68. The maximum atomic E-state index is 2.95. The predicted octanol–water partition coefficient (Wildman–Crippen LogP) is 4.55. The van der Waals surface area contributed by atoms with Crippen molar-refractivity contribution in [1.82, 2.24) is 9.80 Å². The monoisotopic (exact) mass is 338 g/mol. The van der Waals surface area contributed by atoms with Gasteiger partial charge in [0.05, 0.1) is 0 Å². The second-order valence-corrected chi connectivity index (χ2v) is 9.29. The molecule has 2 saturated carbocycles. The van der Waals surface area contributed by atoms with Gasteiger partial charge >= 0.3 is 0 Å². The molecule has 0 N–H and O–H groups in total. The van der Waals surface area contributed by atoms with Crippen LogP contribution in [0.2, 0.25) is 0 Å². The van der Waals surface area contributed by atoms with Crippen LogP contribution in [-0.4, -0.2) is 42.0 Å². The quantitative estimate of drug-likeness (QED) is 0.797. The summed E-state index contributed by atoms with van der Waals surface area (Å²) in [6.45, 7) is 6.64. The summed E-state index contributed by atoms with van der Waals surface area (Å²) in [4.78, 5) is 5.73. The summed E-state index contributed by atoms with van der Waals surface area (Å²) in [5.74, 6) is 1.95. The smallest absolute Gasteiger partial charge is 0.0233 e. The lowest BCUT2D eigenvalue weighted by molar-refractivity contribution is -0.146. The van der Waals surface area contributed by atoms with Crippen LogP contribution in [0, 0.1) is 17.3 Å². The molecule has 25 heavy (non-hydrogen) atoms. The molecule has 3 unspecified atom stereocenters. The van der Waals surface area contributed by atoms with Gasteiger partial charge in [0.25, 0.3) is 0 Å². The van der Waals surface area contributed by atoms with Gasteiger partial charge in [0.1, 0.15) is 0 Å². The van der Waals surface area contributed by atoms with Gasteiger partial charge in [0.15, 0.2) is 0 Å². The van der Waals surface area contributed by atoms with Gasteiger partial charge in [-0.1, -0.05) is 56.0 Å². The summed E-state index contributed by atoms with van der Waals surface area (Å²) in [7, 11) is 0. The van der Waals surface area contributed by atoms with Crippen LogP contribution in [0.3, 0.4) is 0 Å². The Labute approximate surface area is 153 Å². The molecular formula is C23H34N2. The number of fused-ring (bicyclic) bond motifs is 2. The van der Waals surface area contributed by atoms with Crippen molar-refractivity contribution in [3.8, 4) is 0 Å². The Morgan fingerprint density at radius 2 is 1.56 bits per heavy atom. The predicted molar refractivity (Wildman–Crippen MR) is 103 cm³/mol. The summed E-state index contributed by atoms with van der Waals surface area (Å²) in [5, 5.41) is 0. The van der Waals surface area contributed by atoms with Crippen molar-refractivity contribution < 1.29 is 0 Å². The third-order valence-corrected chi connectivity index (χ3v) is 7.99. The molecule has 1 aromatic rings. The Morgan fingerprint density at radius 3 is 2.32 bits per heavy atom. The minimum atomic E-state index is 0.686. The fourth-order valence-electron chi connectivity index (χ4n) is 7.05. The van der Waals surface area contributed by atoms with E-state index < -0.39 is 0 Å². The lowest BCUT2D eigenvalue weighted by atomic mass is 9.46. The van der Waals surface area contributed by atoms with Crippen molar-refractivity contribution in [2.24, 2.45) is 17.3 Å². The Hall–Kier alpha value is -0.860. The normalized spacial score (nSPS) is 35.4. The number of benzene rings is 1. The first kappa shape index (κ1) is 16.3. The molecule has 3 atom stereocenters. The first-order chi connectivity index (χ1) is 12.4. The lowest BCUT2D eigenvalue weighted by Gasteiger charge is -2.64. The van der Waals surface area contributed by atoms with Gasteiger partial charge in [-0.25, -0.2) is 0 Å². The van der Waals surface area contributed by atoms with Crippen molar-refractivity contribution in [2.45, 2.75) is 64.0 Å². The molecule has 2 nitrogen and oxygen atoms in total. The zero-order chi connectivity index (χ0) is 16.7. The Morgan fingerprint density at radius 1 is 0.840 bits per heavy atom. The van der Waals surface area contributed by atoms with Crippen molar-refractivity contribution >= 4 is 0 Å². The van der Waals surface area contributed by atoms with E-state index in [0.717, 1.165) is 24.4 Å². The first-order valence-corrected chi connectivity index (χ1v) is 10.9. The third kappa shape index (κ3) is 2.77. The molecule has 0 radical (unpaired) electrons. The van der Waals surface area contributed by atoms with E-state index in [1.807, 2.05) is 0 Å². The number of nitrogens with zero attached hydrogens (tertiary/aromatic N) is 2. The summed E-state index contributed by atoms with van der Waals surface area (Å²) < 4.78 is 0. The molecule has 2 heterocycles. The number of rotatable bonds is 3. The van der Waals surface area contributed by atoms with Crippen LogP contribution < -0.4 is 0 Å². The Kier molecular flexibility index (Phi) is 4.38. The molecule has 2 heteroatoms. The molecule has 136 valence electrons. The van der Waals surface area contributed by atoms with Gasteiger partial charge < -0.3 is 0 Å². The first-order valence-electron chi connectivity index (χ1n) is 10.9. The summed E-state index contributed by atoms with van der Waals surface area (Å²) in [6.07, 6.45) is 11.9. The summed E-state index contributed by atoms with van der Waals surface area (Å²) >= 11 is 0. The molecule has 1 spiro atoms. The van der Waals surface area contributed by atoms with E-state index >= 15 is 0 Å². The highest BCUT2D eigenvalue weighted by molar-refractivity contribution is 5.19. The van der Waals surface area contributed by atoms with Crippen LogP contribution in [0.1, 0.15) is 56.9 Å². The molecule has 2 aliphatic carbocycles. The van der Waals surface area contributed by atoms with Gasteiger partial charge in [-0.15, -0.1) is 0 Å². The minimum Gasteiger partial charge on any atom is -0.299 e. The van der Waals surface area contributed by atoms with E-state index in [4.69, 9.17) is 0 Å². The fourth-order valence-corrected chi connectivity index (χ4v) is 7.05. The topological polar surface area (TPSA) is 6.48 Å². The maximum absolute atomic E-state index is 2.95. The zero-order valence-corrected chi connectivity index (χ0v) is 15.7. The molecule has 2 saturated heterocycles. The van der Waals surface area contributed by atoms with Crippen LogP contribution in [0.4, 0.5) is 0 Å². The van der Waals surface area contributed by atoms with E-state index in [9.17, 15) is 0 Å². The SMILES string of the molecule is c1ccc(CN2CC3C(C2)C2(CCCCC2)C3N2CCCCC2)cc1. The molecule has 2 aliphatic heterocycles. The number of likely N-dealkylation sites (tertiary alicyclic amines) is 2. The second kappa shape index (κ2) is 6.70. The number of hydrogen-bond acceptors (Lipinski definition) is 2. The van der Waals surface area contributed by atoms with E-state index in [0.29, 0.717) is 5.41 Å². The van der Waals surface area contributed by atoms with Crippen molar-refractivity contribution in [3.63, 3.8) is 0 Å². The van der Waals surface area contributed by atoms with E-state index in [1.54, 1.807) is 0 Å². The molecule has 5 rings (SSSR count). The second-order valence-electron chi connectivity index (χ2n) is 9.29. The van der Waals surface area contributed by atoms with Crippen LogP contribution in [0.5, 0.6) is 0 Å². The van der Waals surface area contributed by atoms with Crippen LogP contribution in [0.25, 0.3) is 0 Å². The molecule has 4 aliphatic rings. The summed E-state index contributed by atoms with van der Waals surface area (Å²) in [5.41, 5.74) is 2.18. The average Bonchev–Trinajstić information content (AvgIpc) is 3.04. The fraction of sp³-hybridized carbons (Fsp3) is 0.739.